The van der Waals surface area contributed by atoms with Gasteiger partial charge < -0.3 is 52.1 Å². The first kappa shape index (κ1) is 45.3. The highest BCUT2D eigenvalue weighted by molar-refractivity contribution is 5.32. The van der Waals surface area contributed by atoms with Crippen molar-refractivity contribution in [3.05, 3.63) is 22.3 Å². The van der Waals surface area contributed by atoms with Crippen molar-refractivity contribution in [2.24, 2.45) is 0 Å². The third kappa shape index (κ3) is 17.0. The van der Waals surface area contributed by atoms with Crippen molar-refractivity contribution in [3.8, 4) is 0 Å². The van der Waals surface area contributed by atoms with E-state index < -0.39 is 157 Å². The molecule has 0 atom stereocenters. The molecule has 0 spiro atoms. The van der Waals surface area contributed by atoms with E-state index in [1.807, 2.05) is 0 Å². The number of hydrogen-bond acceptors (Lipinski definition) is 11. The van der Waals surface area contributed by atoms with Crippen LogP contribution in [0.1, 0.15) is 0 Å². The summed E-state index contributed by atoms with van der Waals surface area (Å²) in [6.45, 7) is -24.1. The second-order valence-corrected chi connectivity index (χ2v) is 8.83. The maximum absolute atomic E-state index is 13.6. The highest BCUT2D eigenvalue weighted by atomic mass is 19.2. The first-order valence-corrected chi connectivity index (χ1v) is 13.4. The van der Waals surface area contributed by atoms with E-state index in [9.17, 15) is 43.9 Å². The lowest BCUT2D eigenvalue weighted by molar-refractivity contribution is -0.225. The molecule has 0 fully saturated rings. The van der Waals surface area contributed by atoms with Crippen LogP contribution in [0, 0.1) is 0 Å². The molecule has 0 bridgehead atoms. The van der Waals surface area contributed by atoms with Crippen LogP contribution < -0.4 is 0 Å². The van der Waals surface area contributed by atoms with Crippen LogP contribution in [0.15, 0.2) is 22.3 Å². The van der Waals surface area contributed by atoms with E-state index in [2.05, 4.69) is 0 Å². The summed E-state index contributed by atoms with van der Waals surface area (Å²) in [4.78, 5) is 0. The summed E-state index contributed by atoms with van der Waals surface area (Å²) in [6, 6.07) is 0. The smallest absolute Gasteiger partial charge is 0.188 e. The lowest BCUT2D eigenvalue weighted by Gasteiger charge is -2.46. The van der Waals surface area contributed by atoms with Gasteiger partial charge in [-0.3, -0.25) is 0 Å². The molecule has 0 aliphatic carbocycles. The average molecular weight is 719 g/mol. The molecule has 0 aromatic rings. The zero-order valence-corrected chi connectivity index (χ0v) is 25.4. The Morgan fingerprint density at radius 1 is 0.298 bits per heavy atom. The van der Waals surface area contributed by atoms with Crippen molar-refractivity contribution in [1.29, 1.82) is 0 Å². The Kier molecular flexibility index (Phi) is 28.2. The summed E-state index contributed by atoms with van der Waals surface area (Å²) in [5.74, 6) is 0. The van der Waals surface area contributed by atoms with Crippen LogP contribution in [0.4, 0.5) is 43.9 Å². The van der Waals surface area contributed by atoms with E-state index in [0.29, 0.717) is 0 Å². The summed E-state index contributed by atoms with van der Waals surface area (Å²) in [7, 11) is 0. The van der Waals surface area contributed by atoms with E-state index in [1.54, 1.807) is 0 Å². The Labute approximate surface area is 264 Å². The van der Waals surface area contributed by atoms with Gasteiger partial charge in [0.1, 0.15) is 11.2 Å². The monoisotopic (exact) mass is 718 g/mol. The standard InChI is InChI=1S/C26H40F10O11/c27-11-37-1-21(2-38-12-28)23(5-41-15-31)25(7-43-17-33,8-44-18-34)47-26(9-45-19-35,10-46-20-36)24(6-42-16-32)22(3-39-13-29)4-40-14-30/h1-20H2. The molecule has 0 saturated heterocycles. The number of ether oxygens (including phenoxy) is 11. The van der Waals surface area contributed by atoms with Gasteiger partial charge in [0.15, 0.2) is 68.6 Å². The van der Waals surface area contributed by atoms with Gasteiger partial charge in [0.2, 0.25) is 0 Å². The van der Waals surface area contributed by atoms with E-state index in [-0.39, 0.29) is 11.1 Å². The van der Waals surface area contributed by atoms with Crippen LogP contribution in [0.25, 0.3) is 0 Å². The fourth-order valence-electron chi connectivity index (χ4n) is 4.33. The van der Waals surface area contributed by atoms with Crippen molar-refractivity contribution in [2.75, 3.05) is 135 Å². The highest BCUT2D eigenvalue weighted by Gasteiger charge is 2.50. The van der Waals surface area contributed by atoms with Crippen LogP contribution in [-0.2, 0) is 52.1 Å². The summed E-state index contributed by atoms with van der Waals surface area (Å²) >= 11 is 0. The fraction of sp³-hybridized carbons (Fsp3) is 0.846. The summed E-state index contributed by atoms with van der Waals surface area (Å²) in [5.41, 5.74) is -6.49. The van der Waals surface area contributed by atoms with Gasteiger partial charge in [0.25, 0.3) is 0 Å². The van der Waals surface area contributed by atoms with Crippen molar-refractivity contribution in [2.45, 2.75) is 11.2 Å². The number of hydrogen-bond donors (Lipinski definition) is 0. The SMILES string of the molecule is FCOCC(COCF)=C(COCF)C(COCF)(COCF)OC(COCF)(COCF)C(COCF)=C(COCF)COCF. The highest BCUT2D eigenvalue weighted by Crippen LogP contribution is 2.38. The molecule has 0 aromatic carbocycles. The van der Waals surface area contributed by atoms with Crippen LogP contribution in [0.2, 0.25) is 0 Å². The van der Waals surface area contributed by atoms with Crippen LogP contribution >= 0.6 is 0 Å². The zero-order valence-electron chi connectivity index (χ0n) is 25.4. The second-order valence-electron chi connectivity index (χ2n) is 8.83. The van der Waals surface area contributed by atoms with Gasteiger partial charge in [0.05, 0.1) is 66.1 Å². The zero-order chi connectivity index (χ0) is 35.2. The molecule has 0 heterocycles. The predicted molar refractivity (Wildman–Crippen MR) is 140 cm³/mol. The van der Waals surface area contributed by atoms with Gasteiger partial charge >= 0.3 is 0 Å². The van der Waals surface area contributed by atoms with Crippen molar-refractivity contribution >= 4 is 0 Å². The lowest BCUT2D eigenvalue weighted by Crippen LogP contribution is -2.58. The second kappa shape index (κ2) is 29.3. The third-order valence-corrected chi connectivity index (χ3v) is 6.05. The molecule has 0 rings (SSSR count). The minimum Gasteiger partial charge on any atom is -0.350 e. The van der Waals surface area contributed by atoms with Gasteiger partial charge in [-0.15, -0.1) is 0 Å². The molecule has 0 radical (unpaired) electrons. The molecule has 0 N–H and O–H groups in total. The Hall–Kier alpha value is -1.66. The Morgan fingerprint density at radius 2 is 0.511 bits per heavy atom. The van der Waals surface area contributed by atoms with Crippen molar-refractivity contribution < 1.29 is 96.0 Å². The van der Waals surface area contributed by atoms with Gasteiger partial charge in [0, 0.05) is 0 Å². The molecular formula is C26H40F10O11. The Bertz CT molecular complexity index is 730. The third-order valence-electron chi connectivity index (χ3n) is 6.05. The quantitative estimate of drug-likeness (QED) is 0.0695. The van der Waals surface area contributed by atoms with E-state index in [4.69, 9.17) is 52.1 Å². The van der Waals surface area contributed by atoms with Crippen LogP contribution in [-0.4, -0.2) is 146 Å². The number of rotatable bonds is 34. The van der Waals surface area contributed by atoms with E-state index in [0.717, 1.165) is 0 Å². The van der Waals surface area contributed by atoms with Gasteiger partial charge in [-0.1, -0.05) is 0 Å². The predicted octanol–water partition coefficient (Wildman–Crippen LogP) is 4.51. The first-order chi connectivity index (χ1) is 22.9. The van der Waals surface area contributed by atoms with Crippen LogP contribution in [0.3, 0.4) is 0 Å². The molecule has 0 aliphatic heterocycles. The fourth-order valence-corrected chi connectivity index (χ4v) is 4.33. The van der Waals surface area contributed by atoms with Gasteiger partial charge in [-0.05, 0) is 22.3 Å². The van der Waals surface area contributed by atoms with Gasteiger partial charge in [-0.2, -0.15) is 0 Å². The minimum absolute atomic E-state index is 0.280. The molecule has 47 heavy (non-hydrogen) atoms. The van der Waals surface area contributed by atoms with E-state index >= 15 is 0 Å². The number of alkyl halides is 10. The molecule has 0 aliphatic rings. The molecule has 0 saturated carbocycles. The van der Waals surface area contributed by atoms with E-state index in [1.165, 1.54) is 0 Å². The molecular weight excluding hydrogens is 678 g/mol. The molecule has 0 unspecified atom stereocenters. The molecule has 280 valence electrons. The van der Waals surface area contributed by atoms with Crippen molar-refractivity contribution in [3.63, 3.8) is 0 Å². The maximum atomic E-state index is 13.6. The topological polar surface area (TPSA) is 102 Å². The molecule has 0 aromatic heterocycles. The molecule has 21 heteroatoms. The summed E-state index contributed by atoms with van der Waals surface area (Å²) < 4.78 is 188. The Balaban J connectivity index is 8.15. The molecule has 0 amide bonds. The first-order valence-electron chi connectivity index (χ1n) is 13.4. The normalized spacial score (nSPS) is 12.1. The lowest BCUT2D eigenvalue weighted by atomic mass is 9.86. The van der Waals surface area contributed by atoms with Gasteiger partial charge in [-0.25, -0.2) is 43.9 Å². The maximum Gasteiger partial charge on any atom is 0.188 e. The van der Waals surface area contributed by atoms with Crippen molar-refractivity contribution in [1.82, 2.24) is 0 Å². The van der Waals surface area contributed by atoms with Crippen LogP contribution in [0.5, 0.6) is 0 Å². The summed E-state index contributed by atoms with van der Waals surface area (Å²) in [6.07, 6.45) is 0. The largest absolute Gasteiger partial charge is 0.350 e. The molecule has 11 nitrogen and oxygen atoms in total. The minimum atomic E-state index is -2.53. The average Bonchev–Trinajstić information content (AvgIpc) is 3.09. The summed E-state index contributed by atoms with van der Waals surface area (Å²) in [5, 5.41) is 0. The number of halogens is 10. The Morgan fingerprint density at radius 3 is 0.723 bits per heavy atom.